The van der Waals surface area contributed by atoms with Gasteiger partial charge in [0.1, 0.15) is 18.2 Å². The first-order valence-electron chi connectivity index (χ1n) is 12.0. The van der Waals surface area contributed by atoms with Crippen LogP contribution in [0.5, 0.6) is 5.75 Å². The van der Waals surface area contributed by atoms with Crippen molar-refractivity contribution in [3.8, 4) is 5.75 Å². The molecule has 34 heavy (non-hydrogen) atoms. The maximum absolute atomic E-state index is 14.4. The van der Waals surface area contributed by atoms with Gasteiger partial charge in [-0.05, 0) is 43.0 Å². The van der Waals surface area contributed by atoms with Crippen LogP contribution in [0.25, 0.3) is 0 Å². The first kappa shape index (κ1) is 26.0. The SMILES string of the molecule is CC(C)[C@H]1COc2ccccc2C(=O)N(C)CCCCCCN1C(=O)Cc1c(F)cccc1Cl. The molecule has 5 nitrogen and oxygen atoms in total. The van der Waals surface area contributed by atoms with E-state index >= 15 is 0 Å². The van der Waals surface area contributed by atoms with Gasteiger partial charge in [-0.25, -0.2) is 4.39 Å². The van der Waals surface area contributed by atoms with Crippen LogP contribution in [0.1, 0.15) is 55.5 Å². The van der Waals surface area contributed by atoms with Crippen LogP contribution in [0.2, 0.25) is 5.02 Å². The van der Waals surface area contributed by atoms with Gasteiger partial charge in [0, 0.05) is 30.7 Å². The molecule has 0 spiro atoms. The van der Waals surface area contributed by atoms with Crippen LogP contribution < -0.4 is 4.74 Å². The fourth-order valence-corrected chi connectivity index (χ4v) is 4.54. The van der Waals surface area contributed by atoms with Gasteiger partial charge in [-0.1, -0.05) is 56.5 Å². The van der Waals surface area contributed by atoms with Crippen LogP contribution in [-0.2, 0) is 11.2 Å². The van der Waals surface area contributed by atoms with E-state index in [1.165, 1.54) is 12.1 Å². The summed E-state index contributed by atoms with van der Waals surface area (Å²) in [5.41, 5.74) is 0.733. The minimum absolute atomic E-state index is 0.0733. The zero-order chi connectivity index (χ0) is 24.7. The fourth-order valence-electron chi connectivity index (χ4n) is 4.31. The lowest BCUT2D eigenvalue weighted by Crippen LogP contribution is -2.48. The van der Waals surface area contributed by atoms with Gasteiger partial charge >= 0.3 is 0 Å². The zero-order valence-corrected chi connectivity index (χ0v) is 21.0. The Morgan fingerprint density at radius 1 is 1.09 bits per heavy atom. The lowest BCUT2D eigenvalue weighted by Gasteiger charge is -2.35. The number of hydrogen-bond donors (Lipinski definition) is 0. The number of halogens is 2. The maximum Gasteiger partial charge on any atom is 0.257 e. The molecule has 0 saturated heterocycles. The van der Waals surface area contributed by atoms with Crippen molar-refractivity contribution in [1.29, 1.82) is 0 Å². The fraction of sp³-hybridized carbons (Fsp3) is 0.481. The molecule has 1 atom stereocenters. The molecular weight excluding hydrogens is 455 g/mol. The number of carbonyl (C=O) groups excluding carboxylic acids is 2. The quantitative estimate of drug-likeness (QED) is 0.565. The Morgan fingerprint density at radius 3 is 2.50 bits per heavy atom. The van der Waals surface area contributed by atoms with Crippen molar-refractivity contribution in [2.45, 2.75) is 52.0 Å². The maximum atomic E-state index is 14.4. The number of amides is 2. The summed E-state index contributed by atoms with van der Waals surface area (Å²) in [6.45, 7) is 5.54. The molecule has 7 heteroatoms. The van der Waals surface area contributed by atoms with Crippen molar-refractivity contribution >= 4 is 23.4 Å². The number of carbonyl (C=O) groups is 2. The van der Waals surface area contributed by atoms with Crippen LogP contribution in [0.4, 0.5) is 4.39 Å². The molecule has 0 bridgehead atoms. The number of benzene rings is 2. The van der Waals surface area contributed by atoms with E-state index in [4.69, 9.17) is 16.3 Å². The van der Waals surface area contributed by atoms with Crippen molar-refractivity contribution in [1.82, 2.24) is 9.80 Å². The molecule has 0 fully saturated rings. The van der Waals surface area contributed by atoms with Gasteiger partial charge in [0.05, 0.1) is 18.0 Å². The normalized spacial score (nSPS) is 18.3. The van der Waals surface area contributed by atoms with E-state index in [1.54, 1.807) is 23.1 Å². The summed E-state index contributed by atoms with van der Waals surface area (Å²) in [4.78, 5) is 30.0. The van der Waals surface area contributed by atoms with Gasteiger partial charge in [0.25, 0.3) is 5.91 Å². The third kappa shape index (κ3) is 6.50. The van der Waals surface area contributed by atoms with Crippen molar-refractivity contribution in [3.05, 3.63) is 64.4 Å². The third-order valence-electron chi connectivity index (χ3n) is 6.40. The largest absolute Gasteiger partial charge is 0.491 e. The minimum Gasteiger partial charge on any atom is -0.491 e. The number of nitrogens with zero attached hydrogens (tertiary/aromatic N) is 2. The highest BCUT2D eigenvalue weighted by atomic mass is 35.5. The Hall–Kier alpha value is -2.60. The van der Waals surface area contributed by atoms with E-state index in [9.17, 15) is 14.0 Å². The Balaban J connectivity index is 1.89. The topological polar surface area (TPSA) is 49.9 Å². The van der Waals surface area contributed by atoms with E-state index < -0.39 is 5.82 Å². The lowest BCUT2D eigenvalue weighted by molar-refractivity contribution is -0.134. The van der Waals surface area contributed by atoms with E-state index in [1.807, 2.05) is 37.9 Å². The average molecular weight is 489 g/mol. The highest BCUT2D eigenvalue weighted by Gasteiger charge is 2.29. The van der Waals surface area contributed by atoms with Crippen molar-refractivity contribution in [2.75, 3.05) is 26.7 Å². The Kier molecular flexibility index (Phi) is 9.34. The summed E-state index contributed by atoms with van der Waals surface area (Å²) < 4.78 is 20.6. The molecule has 0 aliphatic carbocycles. The highest BCUT2D eigenvalue weighted by molar-refractivity contribution is 6.31. The molecule has 2 aromatic rings. The third-order valence-corrected chi connectivity index (χ3v) is 6.75. The first-order valence-corrected chi connectivity index (χ1v) is 12.4. The predicted octanol–water partition coefficient (Wildman–Crippen LogP) is 5.60. The van der Waals surface area contributed by atoms with Gasteiger partial charge < -0.3 is 14.5 Å². The summed E-state index contributed by atoms with van der Waals surface area (Å²) >= 11 is 6.20. The second kappa shape index (κ2) is 12.2. The minimum atomic E-state index is -0.475. The van der Waals surface area contributed by atoms with Crippen LogP contribution >= 0.6 is 11.6 Å². The standard InChI is InChI=1S/C27H34ClFN2O3/c1-19(2)24-18-34-25-14-7-6-11-20(25)27(33)30(3)15-8-4-5-9-16-31(24)26(32)17-21-22(28)12-10-13-23(21)29/h6-7,10-14,19,24H,4-5,8-9,15-18H2,1-3H3/t24-/m1/s1. The predicted molar refractivity (Wildman–Crippen MR) is 133 cm³/mol. The van der Waals surface area contributed by atoms with Crippen molar-refractivity contribution < 1.29 is 18.7 Å². The Morgan fingerprint density at radius 2 is 1.79 bits per heavy atom. The van der Waals surface area contributed by atoms with Gasteiger partial charge in [-0.15, -0.1) is 0 Å². The number of fused-ring (bicyclic) bond motifs is 1. The molecule has 0 aromatic heterocycles. The van der Waals surface area contributed by atoms with E-state index in [0.29, 0.717) is 24.4 Å². The van der Waals surface area contributed by atoms with Crippen LogP contribution in [0.15, 0.2) is 42.5 Å². The molecule has 1 aliphatic heterocycles. The monoisotopic (exact) mass is 488 g/mol. The molecule has 2 amide bonds. The van der Waals surface area contributed by atoms with Gasteiger partial charge in [-0.2, -0.15) is 0 Å². The van der Waals surface area contributed by atoms with Crippen molar-refractivity contribution in [3.63, 3.8) is 0 Å². The Labute approximate surface area is 206 Å². The Bertz CT molecular complexity index is 977. The number of ether oxygens (including phenoxy) is 1. The molecule has 0 radical (unpaired) electrons. The van der Waals surface area contributed by atoms with E-state index in [0.717, 1.165) is 25.7 Å². The van der Waals surface area contributed by atoms with Crippen molar-refractivity contribution in [2.24, 2.45) is 5.92 Å². The lowest BCUT2D eigenvalue weighted by atomic mass is 10.0. The second-order valence-electron chi connectivity index (χ2n) is 9.22. The molecule has 184 valence electrons. The summed E-state index contributed by atoms with van der Waals surface area (Å²) in [5, 5.41) is 0.254. The molecule has 1 heterocycles. The molecule has 0 unspecified atom stereocenters. The zero-order valence-electron chi connectivity index (χ0n) is 20.2. The second-order valence-corrected chi connectivity index (χ2v) is 9.63. The molecule has 0 N–H and O–H groups in total. The summed E-state index contributed by atoms with van der Waals surface area (Å²) in [6.07, 6.45) is 3.51. The number of para-hydroxylation sites is 1. The molecule has 2 aromatic carbocycles. The molecule has 3 rings (SSSR count). The first-order chi connectivity index (χ1) is 16.3. The summed E-state index contributed by atoms with van der Waals surface area (Å²) in [7, 11) is 1.82. The van der Waals surface area contributed by atoms with Gasteiger partial charge in [-0.3, -0.25) is 9.59 Å². The van der Waals surface area contributed by atoms with Gasteiger partial charge in [0.15, 0.2) is 0 Å². The van der Waals surface area contributed by atoms with Crippen LogP contribution in [0, 0.1) is 11.7 Å². The molecule has 0 saturated carbocycles. The summed E-state index contributed by atoms with van der Waals surface area (Å²) in [6, 6.07) is 11.4. The van der Waals surface area contributed by atoms with Gasteiger partial charge in [0.2, 0.25) is 5.91 Å². The smallest absolute Gasteiger partial charge is 0.257 e. The molecular formula is C27H34ClFN2O3. The summed E-state index contributed by atoms with van der Waals surface area (Å²) in [5.74, 6) is -0.122. The van der Waals surface area contributed by atoms with E-state index in [-0.39, 0.29) is 47.4 Å². The van der Waals surface area contributed by atoms with Crippen LogP contribution in [-0.4, -0.2) is 54.4 Å². The highest BCUT2D eigenvalue weighted by Crippen LogP contribution is 2.25. The number of rotatable bonds is 3. The van der Waals surface area contributed by atoms with Crippen LogP contribution in [0.3, 0.4) is 0 Å². The average Bonchev–Trinajstić information content (AvgIpc) is 2.81. The van der Waals surface area contributed by atoms with E-state index in [2.05, 4.69) is 0 Å². The number of hydrogen-bond acceptors (Lipinski definition) is 3. The molecule has 1 aliphatic rings.